The average molecular weight is 757 g/mol. The minimum atomic E-state index is -2.83. The first kappa shape index (κ1) is 49.2. The van der Waals surface area contributed by atoms with E-state index in [4.69, 9.17) is 0 Å². The Kier molecular flexibility index (Phi) is 21.6. The van der Waals surface area contributed by atoms with E-state index in [1.807, 2.05) is 24.3 Å². The Bertz CT molecular complexity index is 2050. The average Bonchev–Trinajstić information content (AvgIpc) is 4.01. The quantitative estimate of drug-likeness (QED) is 0.149. The van der Waals surface area contributed by atoms with Gasteiger partial charge in [-0.15, -0.1) is 0 Å². The largest absolute Gasteiger partial charge is 0.272 e. The van der Waals surface area contributed by atoms with Gasteiger partial charge >= 0.3 is 0 Å². The minimum Gasteiger partial charge on any atom is -0.201 e. The van der Waals surface area contributed by atoms with Crippen molar-refractivity contribution in [3.63, 3.8) is 0 Å². The van der Waals surface area contributed by atoms with Gasteiger partial charge in [-0.2, -0.15) is 0 Å². The molecule has 1 atom stereocenters. The lowest BCUT2D eigenvalue weighted by Gasteiger charge is -2.15. The van der Waals surface area contributed by atoms with Crippen LogP contribution in [0, 0.1) is 0 Å². The highest BCUT2D eigenvalue weighted by Gasteiger charge is 2.44. The van der Waals surface area contributed by atoms with E-state index in [9.17, 15) is 8.78 Å². The number of alkyl halides is 2. The number of benzene rings is 4. The second kappa shape index (κ2) is 24.6. The van der Waals surface area contributed by atoms with Crippen LogP contribution in [0.3, 0.4) is 0 Å². The third kappa shape index (κ3) is 15.0. The van der Waals surface area contributed by atoms with Crippen molar-refractivity contribution in [3.05, 3.63) is 179 Å². The molecule has 2 heteroatoms. The number of hydrogen-bond donors (Lipinski definition) is 0. The number of rotatable bonds is 9. The Hall–Kier alpha value is -4.82. The summed E-state index contributed by atoms with van der Waals surface area (Å²) in [4.78, 5) is 0. The van der Waals surface area contributed by atoms with E-state index in [1.165, 1.54) is 82.2 Å². The first-order valence-corrected chi connectivity index (χ1v) is 19.9. The van der Waals surface area contributed by atoms with Crippen molar-refractivity contribution in [3.8, 4) is 0 Å². The van der Waals surface area contributed by atoms with Gasteiger partial charge in [0.15, 0.2) is 0 Å². The molecule has 1 fully saturated rings. The Morgan fingerprint density at radius 3 is 1.93 bits per heavy atom. The van der Waals surface area contributed by atoms with Crippen LogP contribution in [-0.4, -0.2) is 5.92 Å². The summed E-state index contributed by atoms with van der Waals surface area (Å²) in [6.07, 6.45) is 19.5. The second-order valence-corrected chi connectivity index (χ2v) is 14.8. The summed E-state index contributed by atoms with van der Waals surface area (Å²) in [6.45, 7) is 31.4. The van der Waals surface area contributed by atoms with Gasteiger partial charge in [0.25, 0.3) is 5.92 Å². The molecule has 1 saturated carbocycles. The third-order valence-corrected chi connectivity index (χ3v) is 9.62. The maximum Gasteiger partial charge on any atom is 0.272 e. The molecule has 56 heavy (non-hydrogen) atoms. The van der Waals surface area contributed by atoms with Gasteiger partial charge in [0.2, 0.25) is 0 Å². The zero-order chi connectivity index (χ0) is 41.0. The van der Waals surface area contributed by atoms with Gasteiger partial charge in [-0.1, -0.05) is 220 Å². The zero-order valence-electron chi connectivity index (χ0n) is 35.0. The van der Waals surface area contributed by atoms with Crippen LogP contribution < -0.4 is 10.4 Å². The predicted molar refractivity (Wildman–Crippen MR) is 250 cm³/mol. The van der Waals surface area contributed by atoms with Crippen LogP contribution in [0.25, 0.3) is 35.1 Å². The first-order valence-electron chi connectivity index (χ1n) is 19.9. The number of fused-ring (bicyclic) bond motifs is 2. The van der Waals surface area contributed by atoms with Gasteiger partial charge in [0.05, 0.1) is 0 Å². The van der Waals surface area contributed by atoms with E-state index in [-0.39, 0.29) is 19.4 Å². The van der Waals surface area contributed by atoms with Gasteiger partial charge in [0.1, 0.15) is 0 Å². The number of hydrogen-bond acceptors (Lipinski definition) is 0. The third-order valence-electron chi connectivity index (χ3n) is 9.62. The number of allylic oxidation sites excluding steroid dienone is 6. The van der Waals surface area contributed by atoms with Crippen molar-refractivity contribution in [2.24, 2.45) is 0 Å². The molecule has 4 aromatic carbocycles. The summed E-state index contributed by atoms with van der Waals surface area (Å²) < 4.78 is 26.5. The topological polar surface area (TPSA) is 0 Å². The maximum absolute atomic E-state index is 13.3. The fourth-order valence-corrected chi connectivity index (χ4v) is 5.85. The predicted octanol–water partition coefficient (Wildman–Crippen LogP) is 15.7. The van der Waals surface area contributed by atoms with Gasteiger partial charge in [-0.3, -0.25) is 0 Å². The fourth-order valence-electron chi connectivity index (χ4n) is 5.85. The second-order valence-electron chi connectivity index (χ2n) is 14.8. The molecular weight excluding hydrogens is 687 g/mol. The molecule has 0 amide bonds. The van der Waals surface area contributed by atoms with Crippen molar-refractivity contribution < 1.29 is 8.78 Å². The highest BCUT2D eigenvalue weighted by atomic mass is 19.3. The van der Waals surface area contributed by atoms with Crippen LogP contribution in [-0.2, 0) is 5.41 Å². The molecule has 0 aromatic heterocycles. The molecule has 0 N–H and O–H groups in total. The summed E-state index contributed by atoms with van der Waals surface area (Å²) in [5.74, 6) is -2.39. The molecule has 0 spiro atoms. The Morgan fingerprint density at radius 2 is 1.38 bits per heavy atom. The molecule has 0 radical (unpaired) electrons. The van der Waals surface area contributed by atoms with Crippen molar-refractivity contribution in [1.29, 1.82) is 0 Å². The Morgan fingerprint density at radius 1 is 0.786 bits per heavy atom. The fraction of sp³-hybridized carbons (Fsp3) is 0.333. The van der Waals surface area contributed by atoms with Crippen molar-refractivity contribution >= 4 is 35.1 Å². The van der Waals surface area contributed by atoms with Crippen molar-refractivity contribution in [2.45, 2.75) is 119 Å². The van der Waals surface area contributed by atoms with Gasteiger partial charge in [-0.05, 0) is 89.1 Å². The molecule has 6 rings (SSSR count). The standard InChI is InChI=1S/C17H18.C15H16F2.C15H16.2C3H8.CH4/c1-13(2)17(10-11-17)16-9-8-14-6-4-3-5-7-15(14)12-16;1-4-13-8-5-6-9-14(13)10-7-11-15(16,17)12(2)3;1-11(2)12(3)14-9-8-13-6-4-5-7-15(13)10-14;2*1-3-2;/h3,5-9,12H,1,4,10-11H2,2H3;4-10H,1-2,11H2,3H3;4-10,12H,1H2,2-3H3;2*3H2,1-2H3;1H4/b;10-7-;;;;. The van der Waals surface area contributed by atoms with E-state index < -0.39 is 5.92 Å². The molecule has 2 aliphatic rings. The van der Waals surface area contributed by atoms with Crippen LogP contribution in [0.1, 0.15) is 130 Å². The number of halogens is 2. The molecule has 0 aliphatic heterocycles. The molecule has 0 heterocycles. The Labute approximate surface area is 340 Å². The lowest BCUT2D eigenvalue weighted by molar-refractivity contribution is 0.0459. The van der Waals surface area contributed by atoms with Crippen LogP contribution >= 0.6 is 0 Å². The van der Waals surface area contributed by atoms with Crippen molar-refractivity contribution in [1.82, 2.24) is 0 Å². The maximum atomic E-state index is 13.3. The summed E-state index contributed by atoms with van der Waals surface area (Å²) in [6, 6.07) is 29.5. The molecule has 0 saturated heterocycles. The first-order chi connectivity index (χ1) is 26.2. The minimum absolute atomic E-state index is 0. The van der Waals surface area contributed by atoms with Gasteiger partial charge in [0, 0.05) is 17.8 Å². The van der Waals surface area contributed by atoms with Gasteiger partial charge in [-0.25, -0.2) is 8.78 Å². The summed E-state index contributed by atoms with van der Waals surface area (Å²) >= 11 is 0. The van der Waals surface area contributed by atoms with E-state index in [2.05, 4.69) is 160 Å². The SMILES string of the molecule is C.C=C(C)C(C)c1ccc2ccccc2c1.C=C(C)C1(c2ccc3c(c2)=CC=CCC=3)CC1.C=Cc1ccccc1/C=C\CC(F)(F)C(=C)C.CCC.CCC. The van der Waals surface area contributed by atoms with Crippen LogP contribution in [0.15, 0.2) is 146 Å². The molecular formula is C54H70F2. The van der Waals surface area contributed by atoms with Crippen LogP contribution in [0.5, 0.6) is 0 Å². The van der Waals surface area contributed by atoms with Crippen LogP contribution in [0.4, 0.5) is 8.78 Å². The lowest BCUT2D eigenvalue weighted by Crippen LogP contribution is -2.26. The highest BCUT2D eigenvalue weighted by Crippen LogP contribution is 2.52. The lowest BCUT2D eigenvalue weighted by atomic mass is 9.89. The van der Waals surface area contributed by atoms with Crippen LogP contribution in [0.2, 0.25) is 0 Å². The van der Waals surface area contributed by atoms with Crippen molar-refractivity contribution in [2.75, 3.05) is 0 Å². The van der Waals surface area contributed by atoms with E-state index >= 15 is 0 Å². The zero-order valence-corrected chi connectivity index (χ0v) is 35.0. The molecule has 1 unspecified atom stereocenters. The molecule has 0 bridgehead atoms. The van der Waals surface area contributed by atoms with E-state index in [1.54, 1.807) is 12.2 Å². The monoisotopic (exact) mass is 757 g/mol. The van der Waals surface area contributed by atoms with Gasteiger partial charge < -0.3 is 0 Å². The molecule has 2 aliphatic carbocycles. The molecule has 0 nitrogen and oxygen atoms in total. The summed E-state index contributed by atoms with van der Waals surface area (Å²) in [5, 5.41) is 5.32. The highest BCUT2D eigenvalue weighted by molar-refractivity contribution is 5.83. The normalized spacial score (nSPS) is 13.5. The molecule has 4 aromatic rings. The summed E-state index contributed by atoms with van der Waals surface area (Å²) in [5.41, 5.74) is 7.32. The Balaban J connectivity index is 0.000000389. The smallest absolute Gasteiger partial charge is 0.201 e. The van der Waals surface area contributed by atoms with E-state index in [0.717, 1.165) is 17.5 Å². The van der Waals surface area contributed by atoms with E-state index in [0.29, 0.717) is 11.3 Å². The molecule has 300 valence electrons. The summed E-state index contributed by atoms with van der Waals surface area (Å²) in [7, 11) is 0.